The van der Waals surface area contributed by atoms with Crippen LogP contribution in [0.2, 0.25) is 0 Å². The normalized spacial score (nSPS) is 26.3. The Bertz CT molecular complexity index is 774. The first-order chi connectivity index (χ1) is 11.1. The molecule has 4 heterocycles. The smallest absolute Gasteiger partial charge is 0.284 e. The van der Waals surface area contributed by atoms with Crippen LogP contribution in [0, 0.1) is 5.92 Å². The fraction of sp³-hybridized carbons (Fsp3) is 0.412. The van der Waals surface area contributed by atoms with Crippen molar-refractivity contribution in [2.24, 2.45) is 11.7 Å². The molecule has 1 unspecified atom stereocenters. The van der Waals surface area contributed by atoms with Crippen LogP contribution in [-0.2, 0) is 0 Å². The third-order valence-corrected chi connectivity index (χ3v) is 4.99. The van der Waals surface area contributed by atoms with E-state index in [2.05, 4.69) is 10.2 Å². The maximum absolute atomic E-state index is 12.5. The second kappa shape index (κ2) is 5.38. The molecule has 3 fully saturated rings. The van der Waals surface area contributed by atoms with Crippen LogP contribution in [-0.4, -0.2) is 42.4 Å². The number of hydrogen-bond donors (Lipinski definition) is 2. The van der Waals surface area contributed by atoms with Crippen molar-refractivity contribution in [2.45, 2.75) is 18.9 Å². The van der Waals surface area contributed by atoms with Crippen LogP contribution >= 0.6 is 0 Å². The number of rotatable bonds is 3. The van der Waals surface area contributed by atoms with Crippen molar-refractivity contribution in [1.82, 2.24) is 10.2 Å². The zero-order valence-corrected chi connectivity index (χ0v) is 12.7. The average Bonchev–Trinajstić information content (AvgIpc) is 2.99. The lowest BCUT2D eigenvalue weighted by Crippen LogP contribution is -2.57. The van der Waals surface area contributed by atoms with Gasteiger partial charge in [0.2, 0.25) is 0 Å². The maximum Gasteiger partial charge on any atom is 0.284 e. The number of nitrogens with one attached hydrogen (secondary N) is 1. The molecular weight excluding hydrogens is 294 g/mol. The molecule has 0 saturated carbocycles. The first-order valence-electron chi connectivity index (χ1n) is 7.97. The highest BCUT2D eigenvalue weighted by Gasteiger charge is 2.34. The van der Waals surface area contributed by atoms with Crippen LogP contribution in [0.25, 0.3) is 11.0 Å². The SMILES string of the molecule is NC(=O)c1cc2cc(C(=O)NC3CN4CCC3CC4)ccc2o1. The molecule has 3 aliphatic heterocycles. The molecule has 2 aromatic rings. The average molecular weight is 313 g/mol. The zero-order valence-electron chi connectivity index (χ0n) is 12.7. The number of amides is 2. The summed E-state index contributed by atoms with van der Waals surface area (Å²) in [6.07, 6.45) is 2.32. The molecule has 3 N–H and O–H groups in total. The third kappa shape index (κ3) is 2.59. The van der Waals surface area contributed by atoms with Crippen molar-refractivity contribution in [3.8, 4) is 0 Å². The molecule has 5 rings (SSSR count). The van der Waals surface area contributed by atoms with Crippen LogP contribution in [0.5, 0.6) is 0 Å². The Morgan fingerprint density at radius 2 is 2.00 bits per heavy atom. The Labute approximate surface area is 133 Å². The van der Waals surface area contributed by atoms with E-state index in [-0.39, 0.29) is 17.7 Å². The quantitative estimate of drug-likeness (QED) is 0.895. The van der Waals surface area contributed by atoms with E-state index in [9.17, 15) is 9.59 Å². The molecule has 1 aromatic heterocycles. The van der Waals surface area contributed by atoms with Crippen LogP contribution in [0.3, 0.4) is 0 Å². The monoisotopic (exact) mass is 313 g/mol. The van der Waals surface area contributed by atoms with E-state index in [4.69, 9.17) is 10.2 Å². The highest BCUT2D eigenvalue weighted by atomic mass is 16.3. The van der Waals surface area contributed by atoms with Gasteiger partial charge in [-0.05, 0) is 56.1 Å². The van der Waals surface area contributed by atoms with Crippen molar-refractivity contribution in [3.63, 3.8) is 0 Å². The van der Waals surface area contributed by atoms with Gasteiger partial charge in [0.1, 0.15) is 5.58 Å². The molecular formula is C17H19N3O3. The second-order valence-corrected chi connectivity index (χ2v) is 6.45. The maximum atomic E-state index is 12.5. The van der Waals surface area contributed by atoms with Crippen LogP contribution in [0.4, 0.5) is 0 Å². The molecule has 0 spiro atoms. The Balaban J connectivity index is 1.54. The summed E-state index contributed by atoms with van der Waals surface area (Å²) < 4.78 is 5.34. The zero-order chi connectivity index (χ0) is 16.0. The largest absolute Gasteiger partial charge is 0.451 e. The second-order valence-electron chi connectivity index (χ2n) is 6.45. The van der Waals surface area contributed by atoms with Gasteiger partial charge in [-0.1, -0.05) is 0 Å². The van der Waals surface area contributed by atoms with Crippen LogP contribution < -0.4 is 11.1 Å². The number of benzene rings is 1. The van der Waals surface area contributed by atoms with E-state index in [0.29, 0.717) is 22.5 Å². The number of nitrogens with zero attached hydrogens (tertiary/aromatic N) is 1. The number of fused-ring (bicyclic) bond motifs is 4. The van der Waals surface area contributed by atoms with Crippen LogP contribution in [0.15, 0.2) is 28.7 Å². The summed E-state index contributed by atoms with van der Waals surface area (Å²) in [5.41, 5.74) is 6.35. The summed E-state index contributed by atoms with van der Waals surface area (Å²) >= 11 is 0. The van der Waals surface area contributed by atoms with E-state index < -0.39 is 5.91 Å². The van der Waals surface area contributed by atoms with Crippen molar-refractivity contribution in [2.75, 3.05) is 19.6 Å². The van der Waals surface area contributed by atoms with Crippen molar-refractivity contribution in [3.05, 3.63) is 35.6 Å². The first-order valence-corrected chi connectivity index (χ1v) is 7.97. The summed E-state index contributed by atoms with van der Waals surface area (Å²) in [7, 11) is 0. The molecule has 0 radical (unpaired) electrons. The summed E-state index contributed by atoms with van der Waals surface area (Å²) in [4.78, 5) is 26.1. The Morgan fingerprint density at radius 1 is 1.22 bits per heavy atom. The minimum atomic E-state index is -0.612. The molecule has 1 aromatic carbocycles. The predicted molar refractivity (Wildman–Crippen MR) is 85.2 cm³/mol. The van der Waals surface area contributed by atoms with Gasteiger partial charge in [0.15, 0.2) is 5.76 Å². The topological polar surface area (TPSA) is 88.6 Å². The fourth-order valence-corrected chi connectivity index (χ4v) is 3.69. The van der Waals surface area contributed by atoms with E-state index in [0.717, 1.165) is 32.5 Å². The molecule has 6 heteroatoms. The third-order valence-electron chi connectivity index (χ3n) is 4.99. The summed E-state index contributed by atoms with van der Waals surface area (Å²) in [6, 6.07) is 6.96. The fourth-order valence-electron chi connectivity index (χ4n) is 3.69. The van der Waals surface area contributed by atoms with Crippen molar-refractivity contribution < 1.29 is 14.0 Å². The number of hydrogen-bond acceptors (Lipinski definition) is 4. The van der Waals surface area contributed by atoms with Crippen molar-refractivity contribution in [1.29, 1.82) is 0 Å². The van der Waals surface area contributed by atoms with Gasteiger partial charge in [-0.15, -0.1) is 0 Å². The lowest BCUT2D eigenvalue weighted by Gasteiger charge is -2.44. The van der Waals surface area contributed by atoms with E-state index >= 15 is 0 Å². The highest BCUT2D eigenvalue weighted by Crippen LogP contribution is 2.28. The lowest BCUT2D eigenvalue weighted by atomic mass is 9.84. The van der Waals surface area contributed by atoms with Gasteiger partial charge in [0, 0.05) is 23.5 Å². The molecule has 1 atom stereocenters. The number of nitrogens with two attached hydrogens (primary N) is 1. The number of carbonyl (C=O) groups excluding carboxylic acids is 2. The van der Waals surface area contributed by atoms with E-state index in [1.165, 1.54) is 0 Å². The standard InChI is InChI=1S/C17H19N3O3/c18-16(21)15-8-12-7-11(1-2-14(12)23-15)17(22)19-13-9-20-5-3-10(13)4-6-20/h1-2,7-8,10,13H,3-6,9H2,(H2,18,21)(H,19,22). The minimum Gasteiger partial charge on any atom is -0.451 e. The Hall–Kier alpha value is -2.34. The molecule has 2 amide bonds. The van der Waals surface area contributed by atoms with Gasteiger partial charge in [0.25, 0.3) is 11.8 Å². The van der Waals surface area contributed by atoms with E-state index in [1.807, 2.05) is 0 Å². The number of piperidine rings is 3. The molecule has 23 heavy (non-hydrogen) atoms. The number of carbonyl (C=O) groups is 2. The molecule has 120 valence electrons. The molecule has 2 bridgehead atoms. The van der Waals surface area contributed by atoms with Gasteiger partial charge in [-0.3, -0.25) is 9.59 Å². The molecule has 3 aliphatic rings. The number of primary amides is 1. The lowest BCUT2D eigenvalue weighted by molar-refractivity contribution is 0.0620. The first kappa shape index (κ1) is 14.3. The van der Waals surface area contributed by atoms with Crippen LogP contribution in [0.1, 0.15) is 33.8 Å². The minimum absolute atomic E-state index is 0.0764. The predicted octanol–water partition coefficient (Wildman–Crippen LogP) is 1.36. The molecule has 0 aliphatic carbocycles. The number of furan rings is 1. The Kier molecular flexibility index (Phi) is 3.34. The van der Waals surface area contributed by atoms with Gasteiger partial charge in [-0.2, -0.15) is 0 Å². The van der Waals surface area contributed by atoms with E-state index in [1.54, 1.807) is 24.3 Å². The van der Waals surface area contributed by atoms with Gasteiger partial charge in [0.05, 0.1) is 0 Å². The summed E-state index contributed by atoms with van der Waals surface area (Å²) in [6.45, 7) is 3.23. The van der Waals surface area contributed by atoms with Gasteiger partial charge >= 0.3 is 0 Å². The molecule has 3 saturated heterocycles. The van der Waals surface area contributed by atoms with Gasteiger partial charge < -0.3 is 20.4 Å². The summed E-state index contributed by atoms with van der Waals surface area (Å²) in [5, 5.41) is 3.87. The van der Waals surface area contributed by atoms with Gasteiger partial charge in [-0.25, -0.2) is 0 Å². The molecule has 6 nitrogen and oxygen atoms in total. The van der Waals surface area contributed by atoms with Crippen molar-refractivity contribution >= 4 is 22.8 Å². The summed E-state index contributed by atoms with van der Waals surface area (Å²) in [5.74, 6) is 0.00461. The Morgan fingerprint density at radius 3 is 2.65 bits per heavy atom. The highest BCUT2D eigenvalue weighted by molar-refractivity contribution is 6.00.